The SMILES string of the molecule is CC(=O)N(C)C[C@@H]1Oc2ncc(C#CCc3ccccc3)cc2C(=O)N([C@@H](C)CO)C[C@@H]1C. The maximum Gasteiger partial charge on any atom is 0.259 e. The summed E-state index contributed by atoms with van der Waals surface area (Å²) in [6.07, 6.45) is 1.83. The van der Waals surface area contributed by atoms with E-state index in [4.69, 9.17) is 4.74 Å². The van der Waals surface area contributed by atoms with Gasteiger partial charge in [0, 0.05) is 44.6 Å². The highest BCUT2D eigenvalue weighted by Gasteiger charge is 2.34. The van der Waals surface area contributed by atoms with Crippen molar-refractivity contribution < 1.29 is 19.4 Å². The number of pyridine rings is 1. The molecular formula is C26H31N3O4. The molecule has 1 aliphatic rings. The molecule has 7 nitrogen and oxygen atoms in total. The van der Waals surface area contributed by atoms with Crippen molar-refractivity contribution in [2.24, 2.45) is 5.92 Å². The van der Waals surface area contributed by atoms with Crippen molar-refractivity contribution in [3.63, 3.8) is 0 Å². The summed E-state index contributed by atoms with van der Waals surface area (Å²) in [5, 5.41) is 9.75. The van der Waals surface area contributed by atoms with E-state index in [-0.39, 0.29) is 42.4 Å². The largest absolute Gasteiger partial charge is 0.472 e. The van der Waals surface area contributed by atoms with Gasteiger partial charge in [0.05, 0.1) is 19.2 Å². The maximum atomic E-state index is 13.4. The van der Waals surface area contributed by atoms with E-state index in [1.807, 2.05) is 37.3 Å². The Morgan fingerprint density at radius 2 is 2.09 bits per heavy atom. The van der Waals surface area contributed by atoms with Crippen LogP contribution in [0.15, 0.2) is 42.6 Å². The molecule has 1 aromatic carbocycles. The third kappa shape index (κ3) is 6.11. The van der Waals surface area contributed by atoms with Crippen molar-refractivity contribution in [2.45, 2.75) is 39.3 Å². The van der Waals surface area contributed by atoms with Gasteiger partial charge in [-0.25, -0.2) is 4.98 Å². The fourth-order valence-electron chi connectivity index (χ4n) is 3.63. The minimum absolute atomic E-state index is 0.0678. The van der Waals surface area contributed by atoms with Gasteiger partial charge in [-0.2, -0.15) is 0 Å². The molecule has 2 amide bonds. The Hall–Kier alpha value is -3.37. The molecular weight excluding hydrogens is 418 g/mol. The second-order valence-electron chi connectivity index (χ2n) is 8.56. The van der Waals surface area contributed by atoms with Gasteiger partial charge >= 0.3 is 0 Å². The van der Waals surface area contributed by atoms with Crippen molar-refractivity contribution in [3.8, 4) is 17.7 Å². The third-order valence-corrected chi connectivity index (χ3v) is 5.88. The lowest BCUT2D eigenvalue weighted by molar-refractivity contribution is -0.129. The molecule has 3 atom stereocenters. The molecule has 7 heteroatoms. The molecule has 1 aliphatic heterocycles. The molecule has 2 heterocycles. The quantitative estimate of drug-likeness (QED) is 0.709. The van der Waals surface area contributed by atoms with Crippen LogP contribution < -0.4 is 4.74 Å². The lowest BCUT2D eigenvalue weighted by Crippen LogP contribution is -2.50. The van der Waals surface area contributed by atoms with Gasteiger partial charge in [0.2, 0.25) is 11.8 Å². The Bertz CT molecular complexity index is 1040. The van der Waals surface area contributed by atoms with E-state index in [1.54, 1.807) is 36.0 Å². The number of carbonyl (C=O) groups excluding carboxylic acids is 2. The molecule has 1 N–H and O–H groups in total. The Labute approximate surface area is 195 Å². The second kappa shape index (κ2) is 11.0. The summed E-state index contributed by atoms with van der Waals surface area (Å²) in [6.45, 7) is 5.88. The Kier molecular flexibility index (Phi) is 8.07. The highest BCUT2D eigenvalue weighted by Crippen LogP contribution is 2.27. The van der Waals surface area contributed by atoms with Crippen molar-refractivity contribution in [1.29, 1.82) is 0 Å². The van der Waals surface area contributed by atoms with E-state index in [9.17, 15) is 14.7 Å². The Morgan fingerprint density at radius 1 is 1.36 bits per heavy atom. The summed E-state index contributed by atoms with van der Waals surface area (Å²) in [4.78, 5) is 32.8. The number of likely N-dealkylation sites (N-methyl/N-ethyl adjacent to an activating group) is 1. The lowest BCUT2D eigenvalue weighted by Gasteiger charge is -2.37. The predicted molar refractivity (Wildman–Crippen MR) is 126 cm³/mol. The molecule has 0 fully saturated rings. The maximum absolute atomic E-state index is 13.4. The molecule has 2 aromatic rings. The van der Waals surface area contributed by atoms with E-state index in [2.05, 4.69) is 16.8 Å². The molecule has 33 heavy (non-hydrogen) atoms. The van der Waals surface area contributed by atoms with Gasteiger partial charge in [0.1, 0.15) is 11.7 Å². The number of aliphatic hydroxyl groups is 1. The lowest BCUT2D eigenvalue weighted by atomic mass is 10.00. The van der Waals surface area contributed by atoms with Crippen LogP contribution in [0.1, 0.15) is 42.3 Å². The summed E-state index contributed by atoms with van der Waals surface area (Å²) < 4.78 is 6.17. The number of aromatic nitrogens is 1. The molecule has 0 aliphatic carbocycles. The summed E-state index contributed by atoms with van der Waals surface area (Å²) in [7, 11) is 1.72. The number of rotatable bonds is 5. The highest BCUT2D eigenvalue weighted by molar-refractivity contribution is 5.97. The minimum atomic E-state index is -0.370. The van der Waals surface area contributed by atoms with Crippen LogP contribution in [-0.2, 0) is 11.2 Å². The van der Waals surface area contributed by atoms with Gasteiger partial charge in [0.15, 0.2) is 0 Å². The van der Waals surface area contributed by atoms with Gasteiger partial charge in [-0.3, -0.25) is 9.59 Å². The average molecular weight is 450 g/mol. The molecule has 1 aromatic heterocycles. The van der Waals surface area contributed by atoms with Crippen LogP contribution in [0.2, 0.25) is 0 Å². The van der Waals surface area contributed by atoms with E-state index >= 15 is 0 Å². The highest BCUT2D eigenvalue weighted by atomic mass is 16.5. The molecule has 0 radical (unpaired) electrons. The number of hydrogen-bond donors (Lipinski definition) is 1. The molecule has 0 saturated carbocycles. The first-order valence-corrected chi connectivity index (χ1v) is 11.1. The number of benzene rings is 1. The third-order valence-electron chi connectivity index (χ3n) is 5.88. The summed E-state index contributed by atoms with van der Waals surface area (Å²) in [6, 6.07) is 11.3. The molecule has 3 rings (SSSR count). The van der Waals surface area contributed by atoms with Crippen LogP contribution in [0.25, 0.3) is 0 Å². The number of nitrogens with zero attached hydrogens (tertiary/aromatic N) is 3. The van der Waals surface area contributed by atoms with Crippen molar-refractivity contribution >= 4 is 11.8 Å². The first kappa shape index (κ1) is 24.3. The summed E-state index contributed by atoms with van der Waals surface area (Å²) in [5.41, 5.74) is 2.03. The van der Waals surface area contributed by atoms with Gasteiger partial charge in [-0.15, -0.1) is 0 Å². The molecule has 0 saturated heterocycles. The fourth-order valence-corrected chi connectivity index (χ4v) is 3.63. The van der Waals surface area contributed by atoms with Gasteiger partial charge in [-0.05, 0) is 18.6 Å². The van der Waals surface area contributed by atoms with Crippen LogP contribution in [0, 0.1) is 17.8 Å². The molecule has 0 bridgehead atoms. The monoisotopic (exact) mass is 449 g/mol. The fraction of sp³-hybridized carbons (Fsp3) is 0.423. The molecule has 0 unspecified atom stereocenters. The number of amides is 2. The van der Waals surface area contributed by atoms with E-state index in [1.165, 1.54) is 6.92 Å². The number of aliphatic hydroxyl groups excluding tert-OH is 1. The molecule has 0 spiro atoms. The topological polar surface area (TPSA) is 83.0 Å². The normalized spacial score (nSPS) is 18.7. The van der Waals surface area contributed by atoms with Crippen molar-refractivity contribution in [1.82, 2.24) is 14.8 Å². The van der Waals surface area contributed by atoms with Gasteiger partial charge in [0.25, 0.3) is 5.91 Å². The zero-order valence-electron chi connectivity index (χ0n) is 19.6. The summed E-state index contributed by atoms with van der Waals surface area (Å²) >= 11 is 0. The van der Waals surface area contributed by atoms with Crippen LogP contribution in [-0.4, -0.2) is 70.6 Å². The zero-order valence-corrected chi connectivity index (χ0v) is 19.6. The van der Waals surface area contributed by atoms with Gasteiger partial charge < -0.3 is 19.6 Å². The van der Waals surface area contributed by atoms with Crippen LogP contribution in [0.4, 0.5) is 0 Å². The number of carbonyl (C=O) groups is 2. The van der Waals surface area contributed by atoms with Crippen LogP contribution >= 0.6 is 0 Å². The average Bonchev–Trinajstić information content (AvgIpc) is 2.81. The van der Waals surface area contributed by atoms with E-state index in [0.717, 1.165) is 5.56 Å². The smallest absolute Gasteiger partial charge is 0.259 e. The molecule has 174 valence electrons. The summed E-state index contributed by atoms with van der Waals surface area (Å²) in [5.74, 6) is 6.03. The minimum Gasteiger partial charge on any atom is -0.472 e. The van der Waals surface area contributed by atoms with Crippen molar-refractivity contribution in [3.05, 3.63) is 59.3 Å². The van der Waals surface area contributed by atoms with Crippen LogP contribution in [0.3, 0.4) is 0 Å². The first-order valence-electron chi connectivity index (χ1n) is 11.1. The second-order valence-corrected chi connectivity index (χ2v) is 8.56. The number of hydrogen-bond acceptors (Lipinski definition) is 5. The van der Waals surface area contributed by atoms with Gasteiger partial charge in [-0.1, -0.05) is 49.1 Å². The van der Waals surface area contributed by atoms with Crippen LogP contribution in [0.5, 0.6) is 5.88 Å². The van der Waals surface area contributed by atoms with E-state index < -0.39 is 0 Å². The standard InChI is InChI=1S/C26H31N3O4/c1-18-15-29(19(2)17-30)26(32)23-13-22(12-8-11-21-9-6-5-7-10-21)14-27-25(23)33-24(18)16-28(4)20(3)31/h5-7,9-10,13-14,18-19,24,30H,11,15-17H2,1-4H3/t18-,19-,24-/m0/s1. The number of ether oxygens (including phenoxy) is 1. The Balaban J connectivity index is 1.94. The van der Waals surface area contributed by atoms with E-state index in [0.29, 0.717) is 30.6 Å². The predicted octanol–water partition coefficient (Wildman–Crippen LogP) is 2.37. The Morgan fingerprint density at radius 3 is 2.76 bits per heavy atom. The first-order chi connectivity index (χ1) is 15.8. The van der Waals surface area contributed by atoms with Crippen molar-refractivity contribution in [2.75, 3.05) is 26.7 Å². The zero-order chi connectivity index (χ0) is 24.0. The number of fused-ring (bicyclic) bond motifs is 1.